The number of hydrogen-bond acceptors (Lipinski definition) is 5. The second-order valence-corrected chi connectivity index (χ2v) is 9.61. The van der Waals surface area contributed by atoms with E-state index in [0.717, 1.165) is 30.9 Å². The predicted octanol–water partition coefficient (Wildman–Crippen LogP) is 2.20. The van der Waals surface area contributed by atoms with E-state index in [1.165, 1.54) is 0 Å². The Labute approximate surface area is 160 Å². The molecule has 1 saturated heterocycles. The summed E-state index contributed by atoms with van der Waals surface area (Å²) in [5.74, 6) is 0.874. The number of sulfone groups is 1. The number of anilines is 1. The third-order valence-corrected chi connectivity index (χ3v) is 6.93. The minimum absolute atomic E-state index is 0.0534. The van der Waals surface area contributed by atoms with Crippen molar-refractivity contribution in [2.45, 2.75) is 42.9 Å². The lowest BCUT2D eigenvalue weighted by molar-refractivity contribution is -0.121. The van der Waals surface area contributed by atoms with E-state index in [1.807, 2.05) is 18.2 Å². The monoisotopic (exact) mass is 387 g/mol. The van der Waals surface area contributed by atoms with Crippen LogP contribution < -0.4 is 10.2 Å². The molecular weight excluding hydrogens is 362 g/mol. The smallest absolute Gasteiger partial charge is 0.224 e. The van der Waals surface area contributed by atoms with Crippen LogP contribution in [-0.2, 0) is 21.1 Å². The number of benzene rings is 1. The fraction of sp³-hybridized carbons (Fsp3) is 0.400. The third kappa shape index (κ3) is 4.66. The van der Waals surface area contributed by atoms with E-state index in [9.17, 15) is 13.2 Å². The molecule has 1 N–H and O–H groups in total. The molecule has 1 aromatic carbocycles. The highest BCUT2D eigenvalue weighted by Gasteiger charge is 2.25. The molecule has 1 aromatic heterocycles. The zero-order chi connectivity index (χ0) is 19.4. The maximum absolute atomic E-state index is 12.3. The quantitative estimate of drug-likeness (QED) is 0.822. The lowest BCUT2D eigenvalue weighted by atomic mass is 10.1. The summed E-state index contributed by atoms with van der Waals surface area (Å²) < 4.78 is 24.3. The molecular formula is C20H25N3O3S. The minimum Gasteiger partial charge on any atom is -0.354 e. The van der Waals surface area contributed by atoms with Crippen LogP contribution in [-0.4, -0.2) is 43.7 Å². The van der Waals surface area contributed by atoms with E-state index < -0.39 is 15.1 Å². The molecule has 7 heteroatoms. The predicted molar refractivity (Wildman–Crippen MR) is 105 cm³/mol. The van der Waals surface area contributed by atoms with Crippen LogP contribution in [0.5, 0.6) is 0 Å². The van der Waals surface area contributed by atoms with Gasteiger partial charge in [-0.25, -0.2) is 13.4 Å². The highest BCUT2D eigenvalue weighted by atomic mass is 32.2. The summed E-state index contributed by atoms with van der Waals surface area (Å²) >= 11 is 0. The van der Waals surface area contributed by atoms with Gasteiger partial charge in [-0.3, -0.25) is 4.79 Å². The van der Waals surface area contributed by atoms with Gasteiger partial charge >= 0.3 is 0 Å². The molecule has 1 aliphatic heterocycles. The molecule has 144 valence electrons. The summed E-state index contributed by atoms with van der Waals surface area (Å²) in [5, 5.41) is 2.60. The van der Waals surface area contributed by atoms with Crippen LogP contribution in [0.3, 0.4) is 0 Å². The number of pyridine rings is 1. The summed E-state index contributed by atoms with van der Waals surface area (Å²) in [6, 6.07) is 12.5. The zero-order valence-electron chi connectivity index (χ0n) is 15.6. The first kappa shape index (κ1) is 19.4. The van der Waals surface area contributed by atoms with E-state index in [4.69, 9.17) is 0 Å². The summed E-state index contributed by atoms with van der Waals surface area (Å²) in [6.45, 7) is 4.93. The van der Waals surface area contributed by atoms with Crippen LogP contribution in [0, 0.1) is 0 Å². The Morgan fingerprint density at radius 3 is 2.59 bits per heavy atom. The molecule has 1 amide bonds. The van der Waals surface area contributed by atoms with E-state index in [1.54, 1.807) is 44.3 Å². The number of amides is 1. The molecule has 0 saturated carbocycles. The molecule has 1 fully saturated rings. The average molecular weight is 388 g/mol. The van der Waals surface area contributed by atoms with Gasteiger partial charge in [-0.05, 0) is 50.1 Å². The molecule has 6 nitrogen and oxygen atoms in total. The van der Waals surface area contributed by atoms with Crippen molar-refractivity contribution < 1.29 is 13.2 Å². The van der Waals surface area contributed by atoms with Crippen molar-refractivity contribution in [1.82, 2.24) is 10.3 Å². The molecule has 1 atom stereocenters. The van der Waals surface area contributed by atoms with E-state index >= 15 is 0 Å². The van der Waals surface area contributed by atoms with Crippen LogP contribution in [0.4, 0.5) is 5.82 Å². The van der Waals surface area contributed by atoms with Gasteiger partial charge < -0.3 is 10.2 Å². The van der Waals surface area contributed by atoms with Crippen molar-refractivity contribution >= 4 is 21.6 Å². The molecule has 0 spiro atoms. The lowest BCUT2D eigenvalue weighted by Gasteiger charge is -2.17. The minimum atomic E-state index is -3.29. The summed E-state index contributed by atoms with van der Waals surface area (Å²) in [6.07, 6.45) is 2.89. The summed E-state index contributed by atoms with van der Waals surface area (Å²) in [4.78, 5) is 19.1. The average Bonchev–Trinajstić information content (AvgIpc) is 3.11. The van der Waals surface area contributed by atoms with Crippen molar-refractivity contribution in [2.75, 3.05) is 18.0 Å². The van der Waals surface area contributed by atoms with E-state index in [0.29, 0.717) is 4.90 Å². The molecule has 2 aromatic rings. The van der Waals surface area contributed by atoms with Gasteiger partial charge in [-0.15, -0.1) is 0 Å². The molecule has 0 aliphatic carbocycles. The Bertz CT molecular complexity index is 880. The SMILES string of the molecule is CC(C)S(=O)(=O)c1ccc(CC(=O)N[C@H]2CCN(c3ccccn3)C2)cc1. The topological polar surface area (TPSA) is 79.4 Å². The molecule has 27 heavy (non-hydrogen) atoms. The van der Waals surface area contributed by atoms with Gasteiger partial charge in [0.1, 0.15) is 5.82 Å². The molecule has 2 heterocycles. The number of nitrogens with one attached hydrogen (secondary N) is 1. The maximum atomic E-state index is 12.3. The molecule has 3 rings (SSSR count). The normalized spacial score (nSPS) is 17.3. The molecule has 0 bridgehead atoms. The first-order valence-corrected chi connectivity index (χ1v) is 10.7. The van der Waals surface area contributed by atoms with Gasteiger partial charge in [0.05, 0.1) is 16.6 Å². The van der Waals surface area contributed by atoms with Crippen LogP contribution in [0.2, 0.25) is 0 Å². The van der Waals surface area contributed by atoms with Gasteiger partial charge in [0.15, 0.2) is 9.84 Å². The Hall–Kier alpha value is -2.41. The van der Waals surface area contributed by atoms with Crippen LogP contribution in [0.25, 0.3) is 0 Å². The van der Waals surface area contributed by atoms with E-state index in [2.05, 4.69) is 15.2 Å². The highest BCUT2D eigenvalue weighted by molar-refractivity contribution is 7.92. The van der Waals surface area contributed by atoms with Crippen molar-refractivity contribution in [2.24, 2.45) is 0 Å². The Kier molecular flexibility index (Phi) is 5.79. The van der Waals surface area contributed by atoms with Crippen molar-refractivity contribution in [1.29, 1.82) is 0 Å². The summed E-state index contributed by atoms with van der Waals surface area (Å²) in [5.41, 5.74) is 0.801. The number of carbonyl (C=O) groups is 1. The number of carbonyl (C=O) groups excluding carboxylic acids is 1. The van der Waals surface area contributed by atoms with Crippen molar-refractivity contribution in [3.05, 3.63) is 54.2 Å². The van der Waals surface area contributed by atoms with E-state index in [-0.39, 0.29) is 18.4 Å². The van der Waals surface area contributed by atoms with Crippen LogP contribution in [0.1, 0.15) is 25.8 Å². The standard InChI is InChI=1S/C20H25N3O3S/c1-15(2)27(25,26)18-8-6-16(7-9-18)13-20(24)22-17-10-12-23(14-17)19-5-3-4-11-21-19/h3-9,11,15,17H,10,12-14H2,1-2H3,(H,22,24)/t17-/m0/s1. The number of aromatic nitrogens is 1. The number of rotatable bonds is 6. The van der Waals surface area contributed by atoms with Crippen molar-refractivity contribution in [3.63, 3.8) is 0 Å². The van der Waals surface area contributed by atoms with Crippen LogP contribution in [0.15, 0.2) is 53.6 Å². The van der Waals surface area contributed by atoms with Gasteiger partial charge in [-0.2, -0.15) is 0 Å². The first-order valence-electron chi connectivity index (χ1n) is 9.14. The Morgan fingerprint density at radius 2 is 1.96 bits per heavy atom. The second kappa shape index (κ2) is 8.08. The van der Waals surface area contributed by atoms with Gasteiger partial charge in [0, 0.05) is 25.3 Å². The maximum Gasteiger partial charge on any atom is 0.224 e. The lowest BCUT2D eigenvalue weighted by Crippen LogP contribution is -2.38. The van der Waals surface area contributed by atoms with Gasteiger partial charge in [0.25, 0.3) is 0 Å². The zero-order valence-corrected chi connectivity index (χ0v) is 16.4. The fourth-order valence-corrected chi connectivity index (χ4v) is 4.22. The Balaban J connectivity index is 1.54. The molecule has 0 radical (unpaired) electrons. The fourth-order valence-electron chi connectivity index (χ4n) is 3.16. The summed E-state index contributed by atoms with van der Waals surface area (Å²) in [7, 11) is -3.29. The van der Waals surface area contributed by atoms with Gasteiger partial charge in [0.2, 0.25) is 5.91 Å². The molecule has 0 unspecified atom stereocenters. The largest absolute Gasteiger partial charge is 0.354 e. The third-order valence-electron chi connectivity index (χ3n) is 4.76. The van der Waals surface area contributed by atoms with Gasteiger partial charge in [-0.1, -0.05) is 18.2 Å². The first-order chi connectivity index (χ1) is 12.9. The molecule has 1 aliphatic rings. The Morgan fingerprint density at radius 1 is 1.22 bits per heavy atom. The van der Waals surface area contributed by atoms with Crippen molar-refractivity contribution in [3.8, 4) is 0 Å². The second-order valence-electron chi connectivity index (χ2n) is 7.10. The number of hydrogen-bond donors (Lipinski definition) is 1. The number of nitrogens with zero attached hydrogens (tertiary/aromatic N) is 2. The van der Waals surface area contributed by atoms with Crippen LogP contribution >= 0.6 is 0 Å². The highest BCUT2D eigenvalue weighted by Crippen LogP contribution is 2.18.